The van der Waals surface area contributed by atoms with Crippen molar-refractivity contribution in [3.8, 4) is 22.5 Å². The van der Waals surface area contributed by atoms with Crippen LogP contribution in [0.3, 0.4) is 0 Å². The molecule has 0 aliphatic carbocycles. The Morgan fingerprint density at radius 2 is 0.583 bits per heavy atom. The van der Waals surface area contributed by atoms with Gasteiger partial charge in [-0.15, -0.1) is 0 Å². The van der Waals surface area contributed by atoms with Gasteiger partial charge in [0, 0.05) is 126 Å². The standard InChI is InChI=1S/C42H23NO3.C30H16BrNO2.C12H9BO3/c1-4-16-35-25(9-1)32-22-34-27-11-3-5-17-37(27)44-40(34)23-36(32)43(35)24-19-20-39-33(21-24)31-15-8-14-30(42(31)46-39)29-13-7-12-28-26-10-2-6-18-38(26)45-41(28)29;31-24-9-5-8-20-22-14-17(12-13-28(22)34-30(20)24)32-25-10-3-1-6-18(25)21-15-23-19-7-2-4-11-27(19)33-29(23)16-26(21)32;14-13(15)10-6-3-5-9-8-4-1-2-7-11(8)16-12(9)10/h1-23H;1-16H;1-7,14-15H. The van der Waals surface area contributed by atoms with Crippen LogP contribution >= 0.6 is 15.9 Å². The first-order valence-corrected chi connectivity index (χ1v) is 32.6. The van der Waals surface area contributed by atoms with Gasteiger partial charge in [0.25, 0.3) is 0 Å². The highest BCUT2D eigenvalue weighted by Crippen LogP contribution is 2.45. The summed E-state index contributed by atoms with van der Waals surface area (Å²) in [4.78, 5) is 0. The zero-order valence-corrected chi connectivity index (χ0v) is 52.3. The second kappa shape index (κ2) is 21.0. The Kier molecular flexibility index (Phi) is 11.9. The molecule has 0 saturated carbocycles. The van der Waals surface area contributed by atoms with Gasteiger partial charge >= 0.3 is 7.12 Å². The summed E-state index contributed by atoms with van der Waals surface area (Å²) in [5.74, 6) is 0. The van der Waals surface area contributed by atoms with Crippen molar-refractivity contribution in [2.24, 2.45) is 0 Å². The summed E-state index contributed by atoms with van der Waals surface area (Å²) in [6.45, 7) is 0. The Morgan fingerprint density at radius 3 is 1.07 bits per heavy atom. The molecule has 22 aromatic rings. The Morgan fingerprint density at radius 1 is 0.240 bits per heavy atom. The van der Waals surface area contributed by atoms with Gasteiger partial charge in [-0.2, -0.15) is 0 Å². The van der Waals surface area contributed by atoms with Gasteiger partial charge in [-0.25, -0.2) is 0 Å². The molecule has 0 fully saturated rings. The van der Waals surface area contributed by atoms with E-state index in [1.807, 2.05) is 78.9 Å². The van der Waals surface area contributed by atoms with Crippen LogP contribution in [0.2, 0.25) is 0 Å². The summed E-state index contributed by atoms with van der Waals surface area (Å²) >= 11 is 3.63. The zero-order valence-electron chi connectivity index (χ0n) is 50.8. The first-order chi connectivity index (χ1) is 47.3. The van der Waals surface area contributed by atoms with Crippen LogP contribution in [0.15, 0.2) is 310 Å². The van der Waals surface area contributed by atoms with Crippen molar-refractivity contribution in [3.05, 3.63) is 284 Å². The molecule has 14 aromatic carbocycles. The van der Waals surface area contributed by atoms with E-state index in [0.717, 1.165) is 170 Å². The molecular formula is C84H48BBrN2O8. The van der Waals surface area contributed by atoms with Crippen molar-refractivity contribution < 1.29 is 36.6 Å². The minimum absolute atomic E-state index is 0.397. The second-order valence-electron chi connectivity index (χ2n) is 24.5. The minimum Gasteiger partial charge on any atom is -0.456 e. The summed E-state index contributed by atoms with van der Waals surface area (Å²) in [6, 6.07) is 95.6. The van der Waals surface area contributed by atoms with Crippen LogP contribution in [0.25, 0.3) is 198 Å². The molecule has 96 heavy (non-hydrogen) atoms. The van der Waals surface area contributed by atoms with Crippen molar-refractivity contribution in [2.45, 2.75) is 0 Å². The van der Waals surface area contributed by atoms with Crippen molar-refractivity contribution >= 4 is 204 Å². The van der Waals surface area contributed by atoms with E-state index in [4.69, 9.17) is 26.5 Å². The van der Waals surface area contributed by atoms with Gasteiger partial charge < -0.3 is 45.7 Å². The Hall–Kier alpha value is -12.1. The molecule has 0 saturated heterocycles. The average molecular weight is 1300 g/mol. The molecular weight excluding hydrogens is 1260 g/mol. The first-order valence-electron chi connectivity index (χ1n) is 31.8. The van der Waals surface area contributed by atoms with E-state index >= 15 is 0 Å². The molecule has 0 aliphatic rings. The fourth-order valence-electron chi connectivity index (χ4n) is 14.9. The summed E-state index contributed by atoms with van der Waals surface area (Å²) in [5.41, 5.74) is 19.3. The van der Waals surface area contributed by atoms with Crippen LogP contribution in [0, 0.1) is 0 Å². The first kappa shape index (κ1) is 54.5. The number of halogens is 1. The molecule has 8 heterocycles. The highest BCUT2D eigenvalue weighted by atomic mass is 79.9. The van der Waals surface area contributed by atoms with E-state index in [2.05, 4.69) is 213 Å². The Balaban J connectivity index is 0.000000110. The molecule has 12 heteroatoms. The normalized spacial score (nSPS) is 12.1. The zero-order chi connectivity index (χ0) is 63.4. The maximum atomic E-state index is 9.24. The van der Waals surface area contributed by atoms with E-state index in [1.165, 1.54) is 27.1 Å². The number of para-hydroxylation sites is 10. The van der Waals surface area contributed by atoms with Gasteiger partial charge in [0.1, 0.15) is 67.0 Å². The fraction of sp³-hybridized carbons (Fsp3) is 0. The molecule has 0 amide bonds. The van der Waals surface area contributed by atoms with E-state index in [-0.39, 0.29) is 0 Å². The number of rotatable bonds is 4. The second-order valence-corrected chi connectivity index (χ2v) is 25.3. The van der Waals surface area contributed by atoms with Crippen molar-refractivity contribution in [2.75, 3.05) is 0 Å². The third kappa shape index (κ3) is 8.20. The molecule has 0 unspecified atom stereocenters. The van der Waals surface area contributed by atoms with Gasteiger partial charge in [-0.05, 0) is 107 Å². The van der Waals surface area contributed by atoms with Crippen molar-refractivity contribution in [3.63, 3.8) is 0 Å². The van der Waals surface area contributed by atoms with E-state index in [0.29, 0.717) is 11.0 Å². The predicted octanol–water partition coefficient (Wildman–Crippen LogP) is 22.8. The Bertz CT molecular complexity index is 6990. The average Bonchev–Trinajstić information content (AvgIpc) is 1.58. The van der Waals surface area contributed by atoms with Gasteiger partial charge in [0.05, 0.1) is 26.5 Å². The number of hydrogen-bond donors (Lipinski definition) is 2. The molecule has 22 rings (SSSR count). The summed E-state index contributed by atoms with van der Waals surface area (Å²) in [6.07, 6.45) is 0. The third-order valence-corrected chi connectivity index (χ3v) is 19.8. The summed E-state index contributed by atoms with van der Waals surface area (Å²) in [7, 11) is -1.51. The number of hydrogen-bond acceptors (Lipinski definition) is 8. The van der Waals surface area contributed by atoms with Gasteiger partial charge in [0.15, 0.2) is 0 Å². The number of aromatic nitrogens is 2. The molecule has 8 aromatic heterocycles. The lowest BCUT2D eigenvalue weighted by atomic mass is 9.79. The van der Waals surface area contributed by atoms with Gasteiger partial charge in [0.2, 0.25) is 0 Å². The molecule has 0 spiro atoms. The molecule has 10 nitrogen and oxygen atoms in total. The fourth-order valence-corrected chi connectivity index (χ4v) is 15.3. The lowest BCUT2D eigenvalue weighted by Gasteiger charge is -2.08. The number of benzene rings is 14. The molecule has 0 atom stereocenters. The monoisotopic (exact) mass is 1300 g/mol. The number of furan rings is 6. The van der Waals surface area contributed by atoms with Crippen LogP contribution < -0.4 is 5.46 Å². The molecule has 0 bridgehead atoms. The highest BCUT2D eigenvalue weighted by molar-refractivity contribution is 9.10. The van der Waals surface area contributed by atoms with E-state index in [9.17, 15) is 10.0 Å². The molecule has 0 aliphatic heterocycles. The van der Waals surface area contributed by atoms with Crippen molar-refractivity contribution in [1.82, 2.24) is 9.13 Å². The topological polar surface area (TPSA) is 129 Å². The third-order valence-electron chi connectivity index (χ3n) is 19.2. The maximum Gasteiger partial charge on any atom is 0.492 e. The number of fused-ring (bicyclic) bond motifs is 24. The molecule has 2 N–H and O–H groups in total. The number of nitrogens with zero attached hydrogens (tertiary/aromatic N) is 2. The Labute approximate surface area is 552 Å². The van der Waals surface area contributed by atoms with E-state index < -0.39 is 7.12 Å². The molecule has 0 radical (unpaired) electrons. The lowest BCUT2D eigenvalue weighted by molar-refractivity contribution is 0.425. The maximum absolute atomic E-state index is 9.24. The SMILES string of the molecule is Brc1cccc2c1oc1ccc(-n3c4ccccc4c4cc5c(cc43)oc3ccccc35)cc12.OB(O)c1cccc2c1oc1ccccc12.c1ccc2c(c1)oc1cc3c(cc12)c1ccccc1n3-c1ccc2oc3c(-c4cccc5c4oc4ccccc45)cccc3c2c1. The van der Waals surface area contributed by atoms with Crippen LogP contribution in [0.1, 0.15) is 0 Å². The van der Waals surface area contributed by atoms with Crippen molar-refractivity contribution in [1.29, 1.82) is 0 Å². The smallest absolute Gasteiger partial charge is 0.456 e. The van der Waals surface area contributed by atoms with Crippen LogP contribution in [0.5, 0.6) is 0 Å². The predicted molar refractivity (Wildman–Crippen MR) is 395 cm³/mol. The minimum atomic E-state index is -1.51. The van der Waals surface area contributed by atoms with Crippen LogP contribution in [0.4, 0.5) is 0 Å². The van der Waals surface area contributed by atoms with Gasteiger partial charge in [-0.3, -0.25) is 0 Å². The summed E-state index contributed by atoms with van der Waals surface area (Å²) in [5, 5.41) is 36.4. The highest BCUT2D eigenvalue weighted by Gasteiger charge is 2.23. The largest absolute Gasteiger partial charge is 0.492 e. The quantitative estimate of drug-likeness (QED) is 0.167. The van der Waals surface area contributed by atoms with E-state index in [1.54, 1.807) is 12.1 Å². The van der Waals surface area contributed by atoms with Crippen LogP contribution in [-0.2, 0) is 0 Å². The molecule has 452 valence electrons. The summed E-state index contributed by atoms with van der Waals surface area (Å²) < 4.78 is 43.0. The van der Waals surface area contributed by atoms with Gasteiger partial charge in [-0.1, -0.05) is 176 Å². The van der Waals surface area contributed by atoms with Crippen LogP contribution in [-0.4, -0.2) is 26.3 Å². The lowest BCUT2D eigenvalue weighted by Crippen LogP contribution is -2.29.